The van der Waals surface area contributed by atoms with Crippen LogP contribution in [0.3, 0.4) is 0 Å². The molecule has 6 heteroatoms. The summed E-state index contributed by atoms with van der Waals surface area (Å²) in [4.78, 5) is 17.3. The van der Waals surface area contributed by atoms with E-state index in [1.54, 1.807) is 0 Å². The Hall–Kier alpha value is -1.82. The van der Waals surface area contributed by atoms with E-state index in [1.165, 1.54) is 12.3 Å². The fourth-order valence-corrected chi connectivity index (χ4v) is 2.30. The lowest BCUT2D eigenvalue weighted by atomic mass is 10.2. The van der Waals surface area contributed by atoms with Crippen LogP contribution in [0.5, 0.6) is 0 Å². The molecule has 1 fully saturated rings. The molecule has 0 radical (unpaired) electrons. The van der Waals surface area contributed by atoms with Crippen LogP contribution in [0.15, 0.2) is 12.3 Å². The molecule has 6 nitrogen and oxygen atoms in total. The summed E-state index contributed by atoms with van der Waals surface area (Å²) in [5.41, 5.74) is 6.22. The Morgan fingerprint density at radius 3 is 3.05 bits per heavy atom. The first-order valence-electron chi connectivity index (χ1n) is 6.47. The largest absolute Gasteiger partial charge is 0.478 e. The van der Waals surface area contributed by atoms with Crippen molar-refractivity contribution in [2.75, 3.05) is 30.3 Å². The second-order valence-electron chi connectivity index (χ2n) is 4.57. The van der Waals surface area contributed by atoms with E-state index in [0.717, 1.165) is 19.4 Å². The lowest BCUT2D eigenvalue weighted by Gasteiger charge is -2.26. The van der Waals surface area contributed by atoms with Crippen molar-refractivity contribution in [1.82, 2.24) is 4.98 Å². The molecule has 0 aromatic carbocycles. The molecule has 19 heavy (non-hydrogen) atoms. The average molecular weight is 265 g/mol. The molecular weight excluding hydrogens is 246 g/mol. The predicted molar refractivity (Wildman–Crippen MR) is 72.5 cm³/mol. The van der Waals surface area contributed by atoms with E-state index in [-0.39, 0.29) is 17.4 Å². The van der Waals surface area contributed by atoms with Crippen LogP contribution in [0, 0.1) is 0 Å². The van der Waals surface area contributed by atoms with Crippen LogP contribution in [-0.2, 0) is 4.74 Å². The first-order valence-corrected chi connectivity index (χ1v) is 6.47. The summed E-state index contributed by atoms with van der Waals surface area (Å²) in [7, 11) is 0. The van der Waals surface area contributed by atoms with Crippen molar-refractivity contribution in [3.8, 4) is 0 Å². The number of carboxylic acids is 1. The van der Waals surface area contributed by atoms with Crippen LogP contribution in [-0.4, -0.2) is 41.9 Å². The standard InChI is InChI=1S/C13H19N3O3/c1-2-16(8-9-4-3-7-19-9)12-11(14)10(13(17)18)5-6-15-12/h5-6,9H,2-4,7-8,14H2,1H3,(H,17,18). The minimum Gasteiger partial charge on any atom is -0.478 e. The Bertz CT molecular complexity index is 458. The summed E-state index contributed by atoms with van der Waals surface area (Å²) in [6, 6.07) is 1.42. The van der Waals surface area contributed by atoms with Gasteiger partial charge in [0.1, 0.15) is 0 Å². The molecule has 2 heterocycles. The van der Waals surface area contributed by atoms with Crippen molar-refractivity contribution in [3.05, 3.63) is 17.8 Å². The number of likely N-dealkylation sites (N-methyl/N-ethyl adjacent to an activating group) is 1. The zero-order valence-electron chi connectivity index (χ0n) is 11.0. The van der Waals surface area contributed by atoms with E-state index in [1.807, 2.05) is 11.8 Å². The summed E-state index contributed by atoms with van der Waals surface area (Å²) >= 11 is 0. The van der Waals surface area contributed by atoms with Gasteiger partial charge in [0.05, 0.1) is 17.4 Å². The molecule has 0 amide bonds. The second kappa shape index (κ2) is 5.88. The minimum absolute atomic E-state index is 0.0933. The molecule has 0 aliphatic carbocycles. The Morgan fingerprint density at radius 1 is 1.68 bits per heavy atom. The molecule has 1 aromatic rings. The number of aromatic nitrogens is 1. The number of hydrogen-bond donors (Lipinski definition) is 2. The van der Waals surface area contributed by atoms with Gasteiger partial charge in [0, 0.05) is 25.9 Å². The van der Waals surface area contributed by atoms with Crippen LogP contribution in [0.2, 0.25) is 0 Å². The molecule has 0 spiro atoms. The fourth-order valence-electron chi connectivity index (χ4n) is 2.30. The van der Waals surface area contributed by atoms with E-state index in [9.17, 15) is 4.79 Å². The van der Waals surface area contributed by atoms with E-state index >= 15 is 0 Å². The molecule has 1 saturated heterocycles. The zero-order valence-corrected chi connectivity index (χ0v) is 11.0. The lowest BCUT2D eigenvalue weighted by molar-refractivity contribution is 0.0698. The number of ether oxygens (including phenoxy) is 1. The van der Waals surface area contributed by atoms with Gasteiger partial charge in [0.2, 0.25) is 0 Å². The summed E-state index contributed by atoms with van der Waals surface area (Å²) < 4.78 is 5.60. The number of hydrogen-bond acceptors (Lipinski definition) is 5. The third-order valence-corrected chi connectivity index (χ3v) is 3.33. The molecule has 1 atom stereocenters. The van der Waals surface area contributed by atoms with Gasteiger partial charge in [0.25, 0.3) is 0 Å². The monoisotopic (exact) mass is 265 g/mol. The van der Waals surface area contributed by atoms with E-state index in [2.05, 4.69) is 4.98 Å². The van der Waals surface area contributed by atoms with Crippen molar-refractivity contribution >= 4 is 17.5 Å². The molecule has 2 rings (SSSR count). The van der Waals surface area contributed by atoms with Crippen LogP contribution < -0.4 is 10.6 Å². The smallest absolute Gasteiger partial charge is 0.337 e. The van der Waals surface area contributed by atoms with Crippen LogP contribution in [0.1, 0.15) is 30.1 Å². The molecule has 1 aromatic heterocycles. The van der Waals surface area contributed by atoms with Gasteiger partial charge in [-0.1, -0.05) is 0 Å². The topological polar surface area (TPSA) is 88.7 Å². The second-order valence-corrected chi connectivity index (χ2v) is 4.57. The summed E-state index contributed by atoms with van der Waals surface area (Å²) in [5, 5.41) is 9.08. The van der Waals surface area contributed by atoms with Gasteiger partial charge in [-0.05, 0) is 25.8 Å². The molecule has 104 valence electrons. The highest BCUT2D eigenvalue weighted by Gasteiger charge is 2.22. The number of carboxylic acid groups (broad SMARTS) is 1. The van der Waals surface area contributed by atoms with Gasteiger partial charge < -0.3 is 20.5 Å². The van der Waals surface area contributed by atoms with E-state index < -0.39 is 5.97 Å². The third kappa shape index (κ3) is 2.96. The average Bonchev–Trinajstić information content (AvgIpc) is 2.89. The molecule has 1 unspecified atom stereocenters. The van der Waals surface area contributed by atoms with Crippen LogP contribution in [0.25, 0.3) is 0 Å². The molecule has 3 N–H and O–H groups in total. The van der Waals surface area contributed by atoms with Crippen molar-refractivity contribution < 1.29 is 14.6 Å². The van der Waals surface area contributed by atoms with Gasteiger partial charge in [-0.3, -0.25) is 0 Å². The van der Waals surface area contributed by atoms with E-state index in [0.29, 0.717) is 18.9 Å². The summed E-state index contributed by atoms with van der Waals surface area (Å²) in [6.07, 6.45) is 3.75. The normalized spacial score (nSPS) is 18.5. The maximum atomic E-state index is 11.1. The van der Waals surface area contributed by atoms with Gasteiger partial charge in [-0.15, -0.1) is 0 Å². The Labute approximate surface area is 112 Å². The zero-order chi connectivity index (χ0) is 13.8. The lowest BCUT2D eigenvalue weighted by Crippen LogP contribution is -2.33. The highest BCUT2D eigenvalue weighted by Crippen LogP contribution is 2.25. The SMILES string of the molecule is CCN(CC1CCCO1)c1nccc(C(=O)O)c1N. The molecule has 0 saturated carbocycles. The third-order valence-electron chi connectivity index (χ3n) is 3.33. The van der Waals surface area contributed by atoms with Crippen molar-refractivity contribution in [3.63, 3.8) is 0 Å². The van der Waals surface area contributed by atoms with E-state index in [4.69, 9.17) is 15.6 Å². The van der Waals surface area contributed by atoms with Crippen molar-refractivity contribution in [1.29, 1.82) is 0 Å². The number of aromatic carboxylic acids is 1. The predicted octanol–water partition coefficient (Wildman–Crippen LogP) is 1.37. The first-order chi connectivity index (χ1) is 9.13. The van der Waals surface area contributed by atoms with Gasteiger partial charge in [-0.2, -0.15) is 0 Å². The first kappa shape index (κ1) is 13.6. The number of pyridine rings is 1. The van der Waals surface area contributed by atoms with Gasteiger partial charge >= 0.3 is 5.97 Å². The Morgan fingerprint density at radius 2 is 2.47 bits per heavy atom. The van der Waals surface area contributed by atoms with Crippen molar-refractivity contribution in [2.24, 2.45) is 0 Å². The van der Waals surface area contributed by atoms with Gasteiger partial charge in [0.15, 0.2) is 5.82 Å². The number of nitrogens with zero attached hydrogens (tertiary/aromatic N) is 2. The highest BCUT2D eigenvalue weighted by atomic mass is 16.5. The minimum atomic E-state index is -1.03. The number of nitrogen functional groups attached to an aromatic ring is 1. The molecule has 1 aliphatic heterocycles. The Balaban J connectivity index is 2.22. The van der Waals surface area contributed by atoms with Crippen LogP contribution in [0.4, 0.5) is 11.5 Å². The quantitative estimate of drug-likeness (QED) is 0.835. The van der Waals surface area contributed by atoms with Gasteiger partial charge in [-0.25, -0.2) is 9.78 Å². The molecule has 1 aliphatic rings. The molecule has 0 bridgehead atoms. The maximum Gasteiger partial charge on any atom is 0.337 e. The number of carbonyl (C=O) groups is 1. The highest BCUT2D eigenvalue weighted by molar-refractivity contribution is 5.96. The molecular formula is C13H19N3O3. The maximum absolute atomic E-state index is 11.1. The fraction of sp³-hybridized carbons (Fsp3) is 0.538. The number of nitrogens with two attached hydrogens (primary N) is 1. The number of anilines is 2. The number of rotatable bonds is 5. The summed E-state index contributed by atoms with van der Waals surface area (Å²) in [5.74, 6) is -0.507. The summed E-state index contributed by atoms with van der Waals surface area (Å²) in [6.45, 7) is 4.18. The Kier molecular flexibility index (Phi) is 4.21. The van der Waals surface area contributed by atoms with Crippen molar-refractivity contribution in [2.45, 2.75) is 25.9 Å². The van der Waals surface area contributed by atoms with Crippen LogP contribution >= 0.6 is 0 Å².